The third-order valence-corrected chi connectivity index (χ3v) is 12.7. The highest BCUT2D eigenvalue weighted by Gasteiger charge is 2.23. The van der Waals surface area contributed by atoms with Gasteiger partial charge in [-0.15, -0.1) is 0 Å². The van der Waals surface area contributed by atoms with E-state index in [4.69, 9.17) is 9.05 Å². The second kappa shape index (κ2) is 45.6. The molecule has 0 spiro atoms. The summed E-state index contributed by atoms with van der Waals surface area (Å²) in [6.07, 6.45) is 58.9. The van der Waals surface area contributed by atoms with Crippen molar-refractivity contribution in [3.63, 3.8) is 0 Å². The molecule has 63 heavy (non-hydrogen) atoms. The van der Waals surface area contributed by atoms with Crippen molar-refractivity contribution in [1.29, 1.82) is 0 Å². The average molecular weight is 907 g/mol. The highest BCUT2D eigenvalue weighted by molar-refractivity contribution is 7.45. The lowest BCUT2D eigenvalue weighted by atomic mass is 10.0. The summed E-state index contributed by atoms with van der Waals surface area (Å²) in [5.41, 5.74) is 0. The zero-order valence-electron chi connectivity index (χ0n) is 42.0. The maximum Gasteiger partial charge on any atom is 0.268 e. The van der Waals surface area contributed by atoms with Crippen LogP contribution in [0.1, 0.15) is 239 Å². The van der Waals surface area contributed by atoms with E-state index < -0.39 is 26.6 Å². The summed E-state index contributed by atoms with van der Waals surface area (Å²) in [5, 5.41) is 13.8. The van der Waals surface area contributed by atoms with Gasteiger partial charge in [-0.25, -0.2) is 0 Å². The number of phosphoric acid groups is 1. The van der Waals surface area contributed by atoms with Gasteiger partial charge in [0.05, 0.1) is 39.9 Å². The number of nitrogens with one attached hydrogen (secondary N) is 1. The number of likely N-dealkylation sites (N-methyl/N-ethyl adjacent to an activating group) is 1. The van der Waals surface area contributed by atoms with Crippen LogP contribution in [0, 0.1) is 0 Å². The van der Waals surface area contributed by atoms with E-state index in [0.717, 1.165) is 44.9 Å². The number of hydrogen-bond acceptors (Lipinski definition) is 6. The van der Waals surface area contributed by atoms with Crippen LogP contribution in [0.2, 0.25) is 0 Å². The minimum atomic E-state index is -4.61. The highest BCUT2D eigenvalue weighted by atomic mass is 31.2. The standard InChI is InChI=1S/C54H103N2O6P/c1-6-8-10-12-14-16-18-20-22-24-25-26-27-28-29-30-32-34-36-38-40-42-44-46-48-54(58)55-52(51-62-63(59,60)61-50-49-56(3,4)5)53(57)47-45-43-41-39-37-35-33-31-23-21-19-17-15-13-11-9-7-2/h23,28-29,31,37,39,45,47,52-53,57H,6-22,24-27,30,32-36,38,40-44,46,48-51H2,1-5H3,(H-,55,58,59,60)/b29-28-,31-23+,39-37+,47-45+. The summed E-state index contributed by atoms with van der Waals surface area (Å²) in [6.45, 7) is 4.62. The SMILES string of the molecule is CCCCCCCCC/C=C/CC/C=C/CC/C=C/C(O)C(COP(=O)([O-])OCC[N+](C)(C)C)NC(=O)CCCCCCCCCC/C=C\CCCCCCCCCCCCCC. The van der Waals surface area contributed by atoms with Crippen LogP contribution in [-0.4, -0.2) is 68.5 Å². The van der Waals surface area contributed by atoms with Gasteiger partial charge in [0, 0.05) is 6.42 Å². The number of unbranched alkanes of at least 4 members (excludes halogenated alkanes) is 29. The fraction of sp³-hybridized carbons (Fsp3) is 0.833. The molecule has 0 heterocycles. The summed E-state index contributed by atoms with van der Waals surface area (Å²) in [4.78, 5) is 25.4. The first kappa shape index (κ1) is 61.5. The molecule has 3 atom stereocenters. The van der Waals surface area contributed by atoms with Gasteiger partial charge in [0.15, 0.2) is 0 Å². The van der Waals surface area contributed by atoms with Gasteiger partial charge in [-0.2, -0.15) is 0 Å². The predicted molar refractivity (Wildman–Crippen MR) is 270 cm³/mol. The van der Waals surface area contributed by atoms with Crippen LogP contribution >= 0.6 is 7.82 Å². The van der Waals surface area contributed by atoms with Crippen molar-refractivity contribution in [2.24, 2.45) is 0 Å². The first-order chi connectivity index (χ1) is 30.5. The fourth-order valence-electron chi connectivity index (χ4n) is 7.53. The van der Waals surface area contributed by atoms with Crippen LogP contribution in [0.3, 0.4) is 0 Å². The molecule has 0 aromatic carbocycles. The maximum absolute atomic E-state index is 12.9. The largest absolute Gasteiger partial charge is 0.756 e. The third-order valence-electron chi connectivity index (χ3n) is 11.7. The van der Waals surface area contributed by atoms with Gasteiger partial charge in [-0.3, -0.25) is 9.36 Å². The number of allylic oxidation sites excluding steroid dienone is 7. The molecule has 0 aromatic heterocycles. The van der Waals surface area contributed by atoms with Crippen molar-refractivity contribution in [1.82, 2.24) is 5.32 Å². The molecule has 3 unspecified atom stereocenters. The van der Waals surface area contributed by atoms with E-state index in [0.29, 0.717) is 17.4 Å². The smallest absolute Gasteiger partial charge is 0.268 e. The number of carbonyl (C=O) groups excluding carboxylic acids is 1. The van der Waals surface area contributed by atoms with Crippen LogP contribution in [0.15, 0.2) is 48.6 Å². The minimum Gasteiger partial charge on any atom is -0.756 e. The molecule has 0 bridgehead atoms. The molecule has 1 amide bonds. The maximum atomic E-state index is 12.9. The summed E-state index contributed by atoms with van der Waals surface area (Å²) >= 11 is 0. The number of hydrogen-bond donors (Lipinski definition) is 2. The normalized spacial score (nSPS) is 14.5. The van der Waals surface area contributed by atoms with E-state index >= 15 is 0 Å². The van der Waals surface area contributed by atoms with Gasteiger partial charge < -0.3 is 28.8 Å². The molecule has 0 saturated carbocycles. The Morgan fingerprint density at radius 2 is 0.889 bits per heavy atom. The van der Waals surface area contributed by atoms with Gasteiger partial charge in [0.25, 0.3) is 7.82 Å². The second-order valence-corrected chi connectivity index (χ2v) is 20.6. The number of aliphatic hydroxyl groups excluding tert-OH is 1. The molecule has 0 rings (SSSR count). The molecule has 370 valence electrons. The molecule has 0 radical (unpaired) electrons. The molecule has 0 fully saturated rings. The summed E-state index contributed by atoms with van der Waals surface area (Å²) < 4.78 is 23.3. The number of rotatable bonds is 48. The molecule has 2 N–H and O–H groups in total. The third kappa shape index (κ3) is 48.2. The first-order valence-electron chi connectivity index (χ1n) is 26.5. The topological polar surface area (TPSA) is 108 Å². The van der Waals surface area contributed by atoms with Crippen LogP contribution in [0.4, 0.5) is 0 Å². The Kier molecular flexibility index (Phi) is 44.5. The molecule has 9 heteroatoms. The second-order valence-electron chi connectivity index (χ2n) is 19.2. The van der Waals surface area contributed by atoms with Gasteiger partial charge in [0.2, 0.25) is 5.91 Å². The zero-order valence-corrected chi connectivity index (χ0v) is 42.9. The van der Waals surface area contributed by atoms with Crippen molar-refractivity contribution in [3.05, 3.63) is 48.6 Å². The zero-order chi connectivity index (χ0) is 46.4. The number of nitrogens with zero attached hydrogens (tertiary/aromatic N) is 1. The molecule has 0 aliphatic heterocycles. The van der Waals surface area contributed by atoms with Gasteiger partial charge in [-0.05, 0) is 70.6 Å². The number of amides is 1. The fourth-order valence-corrected chi connectivity index (χ4v) is 8.26. The number of carbonyl (C=O) groups is 1. The minimum absolute atomic E-state index is 0.0102. The van der Waals surface area contributed by atoms with E-state index in [2.05, 4.69) is 55.6 Å². The molecular formula is C54H103N2O6P. The van der Waals surface area contributed by atoms with E-state index in [1.807, 2.05) is 27.2 Å². The van der Waals surface area contributed by atoms with Crippen LogP contribution in [-0.2, 0) is 18.4 Å². The van der Waals surface area contributed by atoms with Crippen LogP contribution in [0.25, 0.3) is 0 Å². The average Bonchev–Trinajstić information content (AvgIpc) is 3.24. The van der Waals surface area contributed by atoms with Crippen LogP contribution < -0.4 is 10.2 Å². The number of quaternary nitrogens is 1. The van der Waals surface area contributed by atoms with E-state index in [-0.39, 0.29) is 12.5 Å². The lowest BCUT2D eigenvalue weighted by Gasteiger charge is -2.29. The van der Waals surface area contributed by atoms with Crippen LogP contribution in [0.5, 0.6) is 0 Å². The lowest BCUT2D eigenvalue weighted by molar-refractivity contribution is -0.870. The van der Waals surface area contributed by atoms with Gasteiger partial charge in [-0.1, -0.05) is 210 Å². The lowest BCUT2D eigenvalue weighted by Crippen LogP contribution is -2.45. The Hall–Kier alpha value is -1.54. The quantitative estimate of drug-likeness (QED) is 0.0272. The Morgan fingerprint density at radius 1 is 0.540 bits per heavy atom. The monoisotopic (exact) mass is 907 g/mol. The van der Waals surface area contributed by atoms with Crippen molar-refractivity contribution in [2.45, 2.75) is 251 Å². The summed E-state index contributed by atoms with van der Waals surface area (Å²) in [7, 11) is 1.23. The molecule has 0 aliphatic rings. The molecule has 8 nitrogen and oxygen atoms in total. The molecule has 0 aromatic rings. The Labute approximate surface area is 390 Å². The molecule has 0 saturated heterocycles. The Morgan fingerprint density at radius 3 is 1.29 bits per heavy atom. The Balaban J connectivity index is 4.31. The number of aliphatic hydroxyl groups is 1. The van der Waals surface area contributed by atoms with E-state index in [1.165, 1.54) is 173 Å². The van der Waals surface area contributed by atoms with Crippen molar-refractivity contribution < 1.29 is 32.9 Å². The van der Waals surface area contributed by atoms with Gasteiger partial charge >= 0.3 is 0 Å². The summed E-state index contributed by atoms with van der Waals surface area (Å²) in [6, 6.07) is -0.911. The van der Waals surface area contributed by atoms with Crippen molar-refractivity contribution >= 4 is 13.7 Å². The first-order valence-corrected chi connectivity index (χ1v) is 28.0. The number of phosphoric ester groups is 1. The van der Waals surface area contributed by atoms with E-state index in [1.54, 1.807) is 6.08 Å². The van der Waals surface area contributed by atoms with E-state index in [9.17, 15) is 19.4 Å². The predicted octanol–water partition coefficient (Wildman–Crippen LogP) is 15.0. The summed E-state index contributed by atoms with van der Waals surface area (Å²) in [5.74, 6) is -0.214. The molecular weight excluding hydrogens is 804 g/mol. The van der Waals surface area contributed by atoms with Crippen molar-refractivity contribution in [2.75, 3.05) is 40.9 Å². The highest BCUT2D eigenvalue weighted by Crippen LogP contribution is 2.38. The molecule has 0 aliphatic carbocycles. The Bertz CT molecular complexity index is 1170. The van der Waals surface area contributed by atoms with Gasteiger partial charge in [0.1, 0.15) is 13.2 Å². The van der Waals surface area contributed by atoms with Crippen molar-refractivity contribution in [3.8, 4) is 0 Å².